The Morgan fingerprint density at radius 1 is 1.12 bits per heavy atom. The summed E-state index contributed by atoms with van der Waals surface area (Å²) in [6, 6.07) is 13.9. The SMILES string of the molecule is CCc1ccc(OCCNC(=O)C(C)Oc2ccc(C)cc2C)cc1. The molecule has 0 bridgehead atoms. The average Bonchev–Trinajstić information content (AvgIpc) is 2.61. The molecule has 1 atom stereocenters. The summed E-state index contributed by atoms with van der Waals surface area (Å²) in [5.74, 6) is 1.40. The first kappa shape index (κ1) is 18.8. The largest absolute Gasteiger partial charge is 0.492 e. The normalized spacial score (nSPS) is 11.7. The van der Waals surface area contributed by atoms with Gasteiger partial charge in [-0.3, -0.25) is 4.79 Å². The highest BCUT2D eigenvalue weighted by atomic mass is 16.5. The fraction of sp³-hybridized carbons (Fsp3) is 0.381. The fourth-order valence-electron chi connectivity index (χ4n) is 2.48. The van der Waals surface area contributed by atoms with Crippen molar-refractivity contribution < 1.29 is 14.3 Å². The number of hydrogen-bond donors (Lipinski definition) is 1. The Bertz CT molecular complexity index is 695. The monoisotopic (exact) mass is 341 g/mol. The average molecular weight is 341 g/mol. The van der Waals surface area contributed by atoms with Gasteiger partial charge in [0.15, 0.2) is 6.10 Å². The highest BCUT2D eigenvalue weighted by molar-refractivity contribution is 5.80. The van der Waals surface area contributed by atoms with Gasteiger partial charge in [0.25, 0.3) is 5.91 Å². The number of aryl methyl sites for hydroxylation is 3. The van der Waals surface area contributed by atoms with Gasteiger partial charge < -0.3 is 14.8 Å². The maximum atomic E-state index is 12.1. The lowest BCUT2D eigenvalue weighted by molar-refractivity contribution is -0.127. The van der Waals surface area contributed by atoms with Crippen LogP contribution in [-0.2, 0) is 11.2 Å². The minimum Gasteiger partial charge on any atom is -0.492 e. The van der Waals surface area contributed by atoms with E-state index in [2.05, 4.69) is 12.2 Å². The van der Waals surface area contributed by atoms with Crippen LogP contribution in [0.3, 0.4) is 0 Å². The number of amides is 1. The zero-order valence-electron chi connectivity index (χ0n) is 15.5. The van der Waals surface area contributed by atoms with Crippen molar-refractivity contribution in [1.82, 2.24) is 5.32 Å². The minimum atomic E-state index is -0.551. The van der Waals surface area contributed by atoms with Gasteiger partial charge in [-0.15, -0.1) is 0 Å². The lowest BCUT2D eigenvalue weighted by Gasteiger charge is -2.16. The first-order chi connectivity index (χ1) is 12.0. The highest BCUT2D eigenvalue weighted by Gasteiger charge is 2.15. The van der Waals surface area contributed by atoms with Gasteiger partial charge in [0, 0.05) is 0 Å². The van der Waals surface area contributed by atoms with Gasteiger partial charge in [-0.05, 0) is 56.5 Å². The molecule has 2 aromatic rings. The van der Waals surface area contributed by atoms with Crippen LogP contribution in [0.4, 0.5) is 0 Å². The van der Waals surface area contributed by atoms with Crippen LogP contribution < -0.4 is 14.8 Å². The van der Waals surface area contributed by atoms with E-state index in [1.54, 1.807) is 6.92 Å². The summed E-state index contributed by atoms with van der Waals surface area (Å²) in [5.41, 5.74) is 3.47. The number of carbonyl (C=O) groups excluding carboxylic acids is 1. The molecular weight excluding hydrogens is 314 g/mol. The third kappa shape index (κ3) is 5.82. The van der Waals surface area contributed by atoms with Crippen molar-refractivity contribution in [2.24, 2.45) is 0 Å². The molecule has 0 saturated carbocycles. The Morgan fingerprint density at radius 2 is 1.84 bits per heavy atom. The van der Waals surface area contributed by atoms with E-state index < -0.39 is 6.10 Å². The van der Waals surface area contributed by atoms with E-state index in [0.29, 0.717) is 13.2 Å². The van der Waals surface area contributed by atoms with Crippen LogP contribution in [0.2, 0.25) is 0 Å². The van der Waals surface area contributed by atoms with Gasteiger partial charge in [-0.1, -0.05) is 36.8 Å². The molecule has 0 radical (unpaired) electrons. The Labute approximate surface area is 150 Å². The van der Waals surface area contributed by atoms with Crippen molar-refractivity contribution in [1.29, 1.82) is 0 Å². The summed E-state index contributed by atoms with van der Waals surface area (Å²) in [5, 5.41) is 2.84. The third-order valence-corrected chi connectivity index (χ3v) is 4.01. The van der Waals surface area contributed by atoms with Crippen LogP contribution in [0.25, 0.3) is 0 Å². The highest BCUT2D eigenvalue weighted by Crippen LogP contribution is 2.20. The Balaban J connectivity index is 1.73. The molecule has 0 heterocycles. The molecule has 2 rings (SSSR count). The lowest BCUT2D eigenvalue weighted by Crippen LogP contribution is -2.38. The third-order valence-electron chi connectivity index (χ3n) is 4.01. The topological polar surface area (TPSA) is 47.6 Å². The Kier molecular flexibility index (Phi) is 6.87. The molecule has 1 N–H and O–H groups in total. The van der Waals surface area contributed by atoms with Crippen molar-refractivity contribution >= 4 is 5.91 Å². The number of carbonyl (C=O) groups is 1. The molecule has 1 unspecified atom stereocenters. The molecule has 0 fully saturated rings. The summed E-state index contributed by atoms with van der Waals surface area (Å²) in [6.45, 7) is 8.74. The second-order valence-corrected chi connectivity index (χ2v) is 6.17. The van der Waals surface area contributed by atoms with Gasteiger partial charge in [0.1, 0.15) is 18.1 Å². The van der Waals surface area contributed by atoms with Crippen LogP contribution in [-0.4, -0.2) is 25.2 Å². The van der Waals surface area contributed by atoms with E-state index in [9.17, 15) is 4.79 Å². The summed E-state index contributed by atoms with van der Waals surface area (Å²) >= 11 is 0. The van der Waals surface area contributed by atoms with E-state index in [1.807, 2.05) is 56.3 Å². The number of rotatable bonds is 8. The zero-order valence-corrected chi connectivity index (χ0v) is 15.5. The Morgan fingerprint density at radius 3 is 2.48 bits per heavy atom. The molecule has 1 amide bonds. The van der Waals surface area contributed by atoms with E-state index >= 15 is 0 Å². The molecule has 0 spiro atoms. The molecule has 0 aromatic heterocycles. The van der Waals surface area contributed by atoms with Crippen LogP contribution in [0.5, 0.6) is 11.5 Å². The molecular formula is C21H27NO3. The van der Waals surface area contributed by atoms with Crippen LogP contribution in [0.15, 0.2) is 42.5 Å². The van der Waals surface area contributed by atoms with Crippen molar-refractivity contribution in [2.45, 2.75) is 40.2 Å². The second-order valence-electron chi connectivity index (χ2n) is 6.17. The van der Waals surface area contributed by atoms with Gasteiger partial charge in [-0.2, -0.15) is 0 Å². The molecule has 0 aliphatic carbocycles. The van der Waals surface area contributed by atoms with E-state index in [0.717, 1.165) is 23.5 Å². The van der Waals surface area contributed by atoms with Gasteiger partial charge in [0.05, 0.1) is 6.54 Å². The predicted molar refractivity (Wildman–Crippen MR) is 100 cm³/mol. The van der Waals surface area contributed by atoms with Crippen molar-refractivity contribution in [3.63, 3.8) is 0 Å². The first-order valence-electron chi connectivity index (χ1n) is 8.73. The summed E-state index contributed by atoms with van der Waals surface area (Å²) in [6.07, 6.45) is 0.458. The quantitative estimate of drug-likeness (QED) is 0.742. The molecule has 4 nitrogen and oxygen atoms in total. The number of nitrogens with one attached hydrogen (secondary N) is 1. The summed E-state index contributed by atoms with van der Waals surface area (Å²) in [4.78, 5) is 12.1. The van der Waals surface area contributed by atoms with E-state index in [4.69, 9.17) is 9.47 Å². The molecule has 134 valence electrons. The maximum Gasteiger partial charge on any atom is 0.260 e. The molecule has 0 saturated heterocycles. The number of benzene rings is 2. The maximum absolute atomic E-state index is 12.1. The van der Waals surface area contributed by atoms with Crippen molar-refractivity contribution in [3.8, 4) is 11.5 Å². The van der Waals surface area contributed by atoms with Crippen molar-refractivity contribution in [3.05, 3.63) is 59.2 Å². The van der Waals surface area contributed by atoms with Gasteiger partial charge >= 0.3 is 0 Å². The van der Waals surface area contributed by atoms with Gasteiger partial charge in [-0.25, -0.2) is 0 Å². The standard InChI is InChI=1S/C21H27NO3/c1-5-18-7-9-19(10-8-18)24-13-12-22-21(23)17(4)25-20-11-6-15(2)14-16(20)3/h6-11,14,17H,5,12-13H2,1-4H3,(H,22,23). The fourth-order valence-corrected chi connectivity index (χ4v) is 2.48. The van der Waals surface area contributed by atoms with E-state index in [-0.39, 0.29) is 5.91 Å². The van der Waals surface area contributed by atoms with Crippen LogP contribution in [0, 0.1) is 13.8 Å². The van der Waals surface area contributed by atoms with Gasteiger partial charge in [0.2, 0.25) is 0 Å². The second kappa shape index (κ2) is 9.11. The summed E-state index contributed by atoms with van der Waals surface area (Å²) in [7, 11) is 0. The number of hydrogen-bond acceptors (Lipinski definition) is 3. The number of ether oxygens (including phenoxy) is 2. The molecule has 0 aliphatic heterocycles. The first-order valence-corrected chi connectivity index (χ1v) is 8.73. The minimum absolute atomic E-state index is 0.148. The Hall–Kier alpha value is -2.49. The molecule has 2 aromatic carbocycles. The van der Waals surface area contributed by atoms with Crippen LogP contribution >= 0.6 is 0 Å². The molecule has 0 aliphatic rings. The molecule has 25 heavy (non-hydrogen) atoms. The summed E-state index contributed by atoms with van der Waals surface area (Å²) < 4.78 is 11.4. The lowest BCUT2D eigenvalue weighted by atomic mass is 10.1. The predicted octanol–water partition coefficient (Wildman–Crippen LogP) is 3.83. The van der Waals surface area contributed by atoms with Crippen LogP contribution in [0.1, 0.15) is 30.5 Å². The molecule has 4 heteroatoms. The van der Waals surface area contributed by atoms with E-state index in [1.165, 1.54) is 11.1 Å². The smallest absolute Gasteiger partial charge is 0.260 e. The van der Waals surface area contributed by atoms with Crippen molar-refractivity contribution in [2.75, 3.05) is 13.2 Å². The zero-order chi connectivity index (χ0) is 18.2.